The largest absolute Gasteiger partial charge is 0.349 e. The molecule has 0 atom stereocenters. The molecule has 2 N–H and O–H groups in total. The van der Waals surface area contributed by atoms with E-state index in [4.69, 9.17) is 0 Å². The van der Waals surface area contributed by atoms with E-state index in [9.17, 15) is 9.18 Å². The molecule has 4 nitrogen and oxygen atoms in total. The highest BCUT2D eigenvalue weighted by molar-refractivity contribution is 6.10. The summed E-state index contributed by atoms with van der Waals surface area (Å²) >= 11 is 0. The summed E-state index contributed by atoms with van der Waals surface area (Å²) in [4.78, 5) is 19.8. The van der Waals surface area contributed by atoms with Crippen molar-refractivity contribution in [3.63, 3.8) is 0 Å². The van der Waals surface area contributed by atoms with Crippen molar-refractivity contribution in [3.8, 4) is 0 Å². The van der Waals surface area contributed by atoms with Crippen molar-refractivity contribution in [3.05, 3.63) is 72.3 Å². The number of benzene rings is 2. The number of rotatable bonds is 2. The van der Waals surface area contributed by atoms with Gasteiger partial charge in [0, 0.05) is 22.7 Å². The average Bonchev–Trinajstić information content (AvgIpc) is 3.00. The van der Waals surface area contributed by atoms with E-state index in [0.717, 1.165) is 21.8 Å². The first-order chi connectivity index (χ1) is 11.2. The van der Waals surface area contributed by atoms with Crippen molar-refractivity contribution in [1.82, 2.24) is 9.97 Å². The van der Waals surface area contributed by atoms with E-state index >= 15 is 0 Å². The second-order valence-electron chi connectivity index (χ2n) is 5.25. The zero-order valence-electron chi connectivity index (χ0n) is 12.0. The Hall–Kier alpha value is -3.21. The molecule has 2 heterocycles. The number of hydrogen-bond donors (Lipinski definition) is 2. The van der Waals surface area contributed by atoms with Gasteiger partial charge in [-0.25, -0.2) is 4.39 Å². The van der Waals surface area contributed by atoms with Crippen LogP contribution in [0.2, 0.25) is 0 Å². The molecule has 2 aromatic carbocycles. The van der Waals surface area contributed by atoms with Gasteiger partial charge < -0.3 is 10.3 Å². The van der Waals surface area contributed by atoms with E-state index in [1.165, 1.54) is 12.1 Å². The number of carbonyl (C=O) groups is 1. The molecule has 0 radical (unpaired) electrons. The maximum absolute atomic E-state index is 13.2. The molecule has 4 aromatic rings. The van der Waals surface area contributed by atoms with Crippen LogP contribution in [0.4, 0.5) is 10.1 Å². The fraction of sp³-hybridized carbons (Fsp3) is 0. The Labute approximate surface area is 131 Å². The predicted octanol–water partition coefficient (Wildman–Crippen LogP) is 4.11. The first kappa shape index (κ1) is 13.5. The van der Waals surface area contributed by atoms with E-state index in [1.54, 1.807) is 24.4 Å². The maximum atomic E-state index is 13.2. The molecular formula is C18H12FN3O. The van der Waals surface area contributed by atoms with Gasteiger partial charge in [0.1, 0.15) is 11.5 Å². The van der Waals surface area contributed by atoms with E-state index in [2.05, 4.69) is 15.3 Å². The number of anilines is 1. The second kappa shape index (κ2) is 5.21. The zero-order chi connectivity index (χ0) is 15.8. The maximum Gasteiger partial charge on any atom is 0.272 e. The molecule has 0 aliphatic heterocycles. The van der Waals surface area contributed by atoms with Gasteiger partial charge in [-0.2, -0.15) is 0 Å². The molecular weight excluding hydrogens is 293 g/mol. The van der Waals surface area contributed by atoms with Gasteiger partial charge in [0.25, 0.3) is 5.91 Å². The average molecular weight is 305 g/mol. The van der Waals surface area contributed by atoms with Crippen LogP contribution in [0.5, 0.6) is 0 Å². The lowest BCUT2D eigenvalue weighted by Gasteiger charge is -2.03. The monoisotopic (exact) mass is 305 g/mol. The zero-order valence-corrected chi connectivity index (χ0v) is 12.0. The lowest BCUT2D eigenvalue weighted by atomic mass is 10.1. The van der Waals surface area contributed by atoms with Crippen molar-refractivity contribution in [2.24, 2.45) is 0 Å². The summed E-state index contributed by atoms with van der Waals surface area (Å²) in [6.45, 7) is 0. The minimum Gasteiger partial charge on any atom is -0.349 e. The fourth-order valence-corrected chi connectivity index (χ4v) is 2.63. The quantitative estimate of drug-likeness (QED) is 0.585. The fourth-order valence-electron chi connectivity index (χ4n) is 2.63. The summed E-state index contributed by atoms with van der Waals surface area (Å²) < 4.78 is 13.2. The van der Waals surface area contributed by atoms with E-state index in [-0.39, 0.29) is 5.91 Å². The number of halogens is 1. The normalized spacial score (nSPS) is 11.0. The summed E-state index contributed by atoms with van der Waals surface area (Å²) in [6.07, 6.45) is 1.72. The lowest BCUT2D eigenvalue weighted by molar-refractivity contribution is 0.102. The lowest BCUT2D eigenvalue weighted by Crippen LogP contribution is -2.12. The Bertz CT molecular complexity index is 1040. The molecule has 0 bridgehead atoms. The van der Waals surface area contributed by atoms with Gasteiger partial charge >= 0.3 is 0 Å². The van der Waals surface area contributed by atoms with Crippen molar-refractivity contribution in [2.75, 3.05) is 5.32 Å². The number of H-pyrrole nitrogens is 1. The highest BCUT2D eigenvalue weighted by atomic mass is 19.1. The molecule has 5 heteroatoms. The number of nitrogens with one attached hydrogen (secondary N) is 2. The third-order valence-electron chi connectivity index (χ3n) is 3.69. The summed E-state index contributed by atoms with van der Waals surface area (Å²) in [5, 5.41) is 4.58. The van der Waals surface area contributed by atoms with Crippen LogP contribution < -0.4 is 5.32 Å². The standard InChI is InChI=1S/C18H12FN3O/c19-13-4-1-5-14(10-13)21-18(23)15-9-12-7-6-11-3-2-8-20-16(11)17(12)22-15/h1-10,22H,(H,21,23). The minimum absolute atomic E-state index is 0.323. The van der Waals surface area contributed by atoms with Crippen LogP contribution in [0, 0.1) is 5.82 Å². The molecule has 23 heavy (non-hydrogen) atoms. The van der Waals surface area contributed by atoms with Crippen LogP contribution in [0.25, 0.3) is 21.8 Å². The van der Waals surface area contributed by atoms with Crippen molar-refractivity contribution in [2.45, 2.75) is 0 Å². The Kier molecular flexibility index (Phi) is 3.05. The van der Waals surface area contributed by atoms with Crippen LogP contribution in [0.15, 0.2) is 60.8 Å². The SMILES string of the molecule is O=C(Nc1cccc(F)c1)c1cc2ccc3cccnc3c2[nH]1. The van der Waals surface area contributed by atoms with Gasteiger partial charge in [0.05, 0.1) is 11.0 Å². The van der Waals surface area contributed by atoms with E-state index in [0.29, 0.717) is 11.4 Å². The Morgan fingerprint density at radius 3 is 2.78 bits per heavy atom. The topological polar surface area (TPSA) is 57.8 Å². The molecule has 0 fully saturated rings. The van der Waals surface area contributed by atoms with Crippen molar-refractivity contribution < 1.29 is 9.18 Å². The second-order valence-corrected chi connectivity index (χ2v) is 5.25. The van der Waals surface area contributed by atoms with Gasteiger partial charge in [-0.1, -0.05) is 24.3 Å². The van der Waals surface area contributed by atoms with Gasteiger partial charge in [0.15, 0.2) is 0 Å². The molecule has 112 valence electrons. The number of hydrogen-bond acceptors (Lipinski definition) is 2. The number of nitrogens with zero attached hydrogens (tertiary/aromatic N) is 1. The molecule has 2 aromatic heterocycles. The Balaban J connectivity index is 1.74. The summed E-state index contributed by atoms with van der Waals surface area (Å²) in [6, 6.07) is 15.3. The van der Waals surface area contributed by atoms with Gasteiger partial charge in [-0.05, 0) is 30.3 Å². The van der Waals surface area contributed by atoms with Gasteiger partial charge in [-0.3, -0.25) is 9.78 Å². The van der Waals surface area contributed by atoms with Crippen LogP contribution in [0.1, 0.15) is 10.5 Å². The summed E-state index contributed by atoms with van der Waals surface area (Å²) in [7, 11) is 0. The molecule has 0 saturated carbocycles. The number of fused-ring (bicyclic) bond motifs is 3. The molecule has 1 amide bonds. The highest BCUT2D eigenvalue weighted by Gasteiger charge is 2.12. The third kappa shape index (κ3) is 2.42. The Morgan fingerprint density at radius 1 is 1.04 bits per heavy atom. The first-order valence-electron chi connectivity index (χ1n) is 7.14. The van der Waals surface area contributed by atoms with Crippen LogP contribution in [-0.4, -0.2) is 15.9 Å². The third-order valence-corrected chi connectivity index (χ3v) is 3.69. The number of carbonyl (C=O) groups excluding carboxylic acids is 1. The van der Waals surface area contributed by atoms with Gasteiger partial charge in [-0.15, -0.1) is 0 Å². The molecule has 0 aliphatic rings. The summed E-state index contributed by atoms with van der Waals surface area (Å²) in [5.41, 5.74) is 2.45. The highest BCUT2D eigenvalue weighted by Crippen LogP contribution is 2.24. The van der Waals surface area contributed by atoms with Crippen LogP contribution in [-0.2, 0) is 0 Å². The van der Waals surface area contributed by atoms with Crippen molar-refractivity contribution in [1.29, 1.82) is 0 Å². The summed E-state index contributed by atoms with van der Waals surface area (Å²) in [5.74, 6) is -0.717. The number of aromatic amines is 1. The minimum atomic E-state index is -0.394. The smallest absolute Gasteiger partial charge is 0.272 e. The first-order valence-corrected chi connectivity index (χ1v) is 7.14. The van der Waals surface area contributed by atoms with E-state index in [1.807, 2.05) is 24.3 Å². The molecule has 0 unspecified atom stereocenters. The van der Waals surface area contributed by atoms with Crippen molar-refractivity contribution >= 4 is 33.4 Å². The van der Waals surface area contributed by atoms with E-state index < -0.39 is 5.82 Å². The predicted molar refractivity (Wildman–Crippen MR) is 88.0 cm³/mol. The Morgan fingerprint density at radius 2 is 1.91 bits per heavy atom. The van der Waals surface area contributed by atoms with Gasteiger partial charge in [0.2, 0.25) is 0 Å². The molecule has 4 rings (SSSR count). The van der Waals surface area contributed by atoms with Crippen LogP contribution >= 0.6 is 0 Å². The number of amides is 1. The molecule has 0 aliphatic carbocycles. The molecule has 0 saturated heterocycles. The number of aromatic nitrogens is 2. The molecule has 0 spiro atoms. The number of pyridine rings is 1. The van der Waals surface area contributed by atoms with Crippen LogP contribution in [0.3, 0.4) is 0 Å².